The Morgan fingerprint density at radius 2 is 1.88 bits per heavy atom. The third-order valence-corrected chi connectivity index (χ3v) is 3.13. The van der Waals surface area contributed by atoms with Gasteiger partial charge in [-0.05, 0) is 36.2 Å². The van der Waals surface area contributed by atoms with E-state index in [2.05, 4.69) is 17.2 Å². The van der Waals surface area contributed by atoms with Crippen LogP contribution in [0.2, 0.25) is 5.02 Å². The fourth-order valence-corrected chi connectivity index (χ4v) is 1.88. The topological polar surface area (TPSA) is 24.9 Å². The Morgan fingerprint density at radius 3 is 2.59 bits per heavy atom. The molecule has 3 heteroatoms. The molecule has 0 bridgehead atoms. The molecule has 0 saturated carbocycles. The van der Waals surface area contributed by atoms with Gasteiger partial charge in [0, 0.05) is 30.0 Å². The summed E-state index contributed by atoms with van der Waals surface area (Å²) in [6.45, 7) is 2.90. The lowest BCUT2D eigenvalue weighted by Gasteiger charge is -2.14. The maximum Gasteiger partial charge on any atom is 0.0450 e. The number of pyridine rings is 1. The summed E-state index contributed by atoms with van der Waals surface area (Å²) < 4.78 is 0. The van der Waals surface area contributed by atoms with Crippen molar-refractivity contribution in [3.63, 3.8) is 0 Å². The molecule has 2 rings (SSSR count). The van der Waals surface area contributed by atoms with E-state index < -0.39 is 0 Å². The van der Waals surface area contributed by atoms with E-state index in [0.29, 0.717) is 0 Å². The highest BCUT2D eigenvalue weighted by atomic mass is 35.5. The molecule has 1 N–H and O–H groups in total. The van der Waals surface area contributed by atoms with Crippen LogP contribution in [0.5, 0.6) is 0 Å². The Balaban J connectivity index is 1.97. The molecule has 0 aliphatic carbocycles. The zero-order valence-electron chi connectivity index (χ0n) is 9.73. The van der Waals surface area contributed by atoms with E-state index >= 15 is 0 Å². The molecule has 0 amide bonds. The quantitative estimate of drug-likeness (QED) is 0.892. The highest BCUT2D eigenvalue weighted by Gasteiger charge is 2.05. The normalized spacial score (nSPS) is 12.4. The standard InChI is InChI=1S/C14H15ClN2/c1-11(12-6-8-16-9-7-12)17-10-13-4-2-3-5-14(13)15/h2-9,11,17H,10H2,1H3. The maximum atomic E-state index is 6.10. The highest BCUT2D eigenvalue weighted by Crippen LogP contribution is 2.17. The second-order valence-electron chi connectivity index (χ2n) is 3.97. The van der Waals surface area contributed by atoms with Crippen molar-refractivity contribution in [1.82, 2.24) is 10.3 Å². The molecule has 0 fully saturated rings. The summed E-state index contributed by atoms with van der Waals surface area (Å²) in [6, 6.07) is 12.2. The van der Waals surface area contributed by atoms with Crippen molar-refractivity contribution in [3.05, 3.63) is 64.9 Å². The summed E-state index contributed by atoms with van der Waals surface area (Å²) in [4.78, 5) is 4.01. The number of rotatable bonds is 4. The van der Waals surface area contributed by atoms with Gasteiger partial charge in [0.05, 0.1) is 0 Å². The van der Waals surface area contributed by atoms with E-state index in [1.165, 1.54) is 5.56 Å². The predicted octanol–water partition coefficient (Wildman–Crippen LogP) is 3.59. The summed E-state index contributed by atoms with van der Waals surface area (Å²) >= 11 is 6.10. The highest BCUT2D eigenvalue weighted by molar-refractivity contribution is 6.31. The van der Waals surface area contributed by atoms with Crippen molar-refractivity contribution in [1.29, 1.82) is 0 Å². The summed E-state index contributed by atoms with van der Waals surface area (Å²) in [7, 11) is 0. The Bertz CT molecular complexity index is 471. The summed E-state index contributed by atoms with van der Waals surface area (Å²) in [5.41, 5.74) is 2.35. The minimum absolute atomic E-state index is 0.286. The van der Waals surface area contributed by atoms with Crippen molar-refractivity contribution in [3.8, 4) is 0 Å². The average Bonchev–Trinajstić information content (AvgIpc) is 2.38. The number of nitrogens with one attached hydrogen (secondary N) is 1. The fourth-order valence-electron chi connectivity index (χ4n) is 1.67. The van der Waals surface area contributed by atoms with Gasteiger partial charge >= 0.3 is 0 Å². The maximum absolute atomic E-state index is 6.10. The van der Waals surface area contributed by atoms with Crippen LogP contribution in [0.25, 0.3) is 0 Å². The van der Waals surface area contributed by atoms with Gasteiger partial charge in [0.15, 0.2) is 0 Å². The van der Waals surface area contributed by atoms with E-state index in [1.807, 2.05) is 48.8 Å². The minimum atomic E-state index is 0.286. The number of halogens is 1. The first-order valence-electron chi connectivity index (χ1n) is 5.64. The summed E-state index contributed by atoms with van der Waals surface area (Å²) in [5.74, 6) is 0. The van der Waals surface area contributed by atoms with Crippen LogP contribution in [0.3, 0.4) is 0 Å². The predicted molar refractivity (Wildman–Crippen MR) is 70.9 cm³/mol. The molecule has 0 aliphatic rings. The van der Waals surface area contributed by atoms with Crippen LogP contribution in [0.4, 0.5) is 0 Å². The van der Waals surface area contributed by atoms with Crippen LogP contribution >= 0.6 is 11.6 Å². The Hall–Kier alpha value is -1.38. The molecule has 0 aliphatic heterocycles. The smallest absolute Gasteiger partial charge is 0.0450 e. The minimum Gasteiger partial charge on any atom is -0.306 e. The van der Waals surface area contributed by atoms with Gasteiger partial charge < -0.3 is 5.32 Å². The second kappa shape index (κ2) is 5.80. The summed E-state index contributed by atoms with van der Waals surface area (Å²) in [5, 5.41) is 4.25. The van der Waals surface area contributed by atoms with Crippen molar-refractivity contribution in [2.45, 2.75) is 19.5 Å². The van der Waals surface area contributed by atoms with Gasteiger partial charge in [0.2, 0.25) is 0 Å². The first kappa shape index (κ1) is 12.1. The van der Waals surface area contributed by atoms with Crippen LogP contribution in [0.15, 0.2) is 48.8 Å². The molecule has 0 saturated heterocycles. The van der Waals surface area contributed by atoms with E-state index in [9.17, 15) is 0 Å². The van der Waals surface area contributed by atoms with Crippen molar-refractivity contribution >= 4 is 11.6 Å². The average molecular weight is 247 g/mol. The molecule has 1 aromatic heterocycles. The third kappa shape index (κ3) is 3.29. The molecule has 1 aromatic carbocycles. The molecule has 1 unspecified atom stereocenters. The van der Waals surface area contributed by atoms with E-state index in [-0.39, 0.29) is 6.04 Å². The number of hydrogen-bond acceptors (Lipinski definition) is 2. The van der Waals surface area contributed by atoms with Crippen LogP contribution < -0.4 is 5.32 Å². The molecule has 0 spiro atoms. The molecule has 2 nitrogen and oxygen atoms in total. The van der Waals surface area contributed by atoms with Gasteiger partial charge in [0.25, 0.3) is 0 Å². The molecule has 1 atom stereocenters. The van der Waals surface area contributed by atoms with Gasteiger partial charge in [-0.2, -0.15) is 0 Å². The van der Waals surface area contributed by atoms with Gasteiger partial charge in [-0.1, -0.05) is 29.8 Å². The third-order valence-electron chi connectivity index (χ3n) is 2.76. The SMILES string of the molecule is CC(NCc1ccccc1Cl)c1ccncc1. The van der Waals surface area contributed by atoms with Crippen LogP contribution in [-0.2, 0) is 6.54 Å². The zero-order chi connectivity index (χ0) is 12.1. The van der Waals surface area contributed by atoms with Crippen LogP contribution in [0, 0.1) is 0 Å². The van der Waals surface area contributed by atoms with Gasteiger partial charge in [0.1, 0.15) is 0 Å². The molecular formula is C14H15ClN2. The number of benzene rings is 1. The van der Waals surface area contributed by atoms with E-state index in [0.717, 1.165) is 17.1 Å². The molecule has 17 heavy (non-hydrogen) atoms. The van der Waals surface area contributed by atoms with Crippen molar-refractivity contribution in [2.24, 2.45) is 0 Å². The van der Waals surface area contributed by atoms with Crippen LogP contribution in [-0.4, -0.2) is 4.98 Å². The largest absolute Gasteiger partial charge is 0.306 e. The molecule has 88 valence electrons. The van der Waals surface area contributed by atoms with Gasteiger partial charge in [-0.25, -0.2) is 0 Å². The number of hydrogen-bond donors (Lipinski definition) is 1. The molecule has 1 heterocycles. The Kier molecular flexibility index (Phi) is 4.13. The molecule has 2 aromatic rings. The fraction of sp³-hybridized carbons (Fsp3) is 0.214. The zero-order valence-corrected chi connectivity index (χ0v) is 10.5. The first-order chi connectivity index (χ1) is 8.27. The monoisotopic (exact) mass is 246 g/mol. The molecular weight excluding hydrogens is 232 g/mol. The Morgan fingerprint density at radius 1 is 1.18 bits per heavy atom. The lowest BCUT2D eigenvalue weighted by Crippen LogP contribution is -2.18. The van der Waals surface area contributed by atoms with Crippen LogP contribution in [0.1, 0.15) is 24.1 Å². The lowest BCUT2D eigenvalue weighted by atomic mass is 10.1. The Labute approximate surface area is 107 Å². The van der Waals surface area contributed by atoms with Crippen molar-refractivity contribution in [2.75, 3.05) is 0 Å². The second-order valence-corrected chi connectivity index (χ2v) is 4.38. The lowest BCUT2D eigenvalue weighted by molar-refractivity contribution is 0.574. The summed E-state index contributed by atoms with van der Waals surface area (Å²) in [6.07, 6.45) is 3.62. The van der Waals surface area contributed by atoms with Gasteiger partial charge in [-0.15, -0.1) is 0 Å². The number of aromatic nitrogens is 1. The first-order valence-corrected chi connectivity index (χ1v) is 6.02. The molecule has 0 radical (unpaired) electrons. The van der Waals surface area contributed by atoms with Crippen molar-refractivity contribution < 1.29 is 0 Å². The number of nitrogens with zero attached hydrogens (tertiary/aromatic N) is 1. The van der Waals surface area contributed by atoms with Gasteiger partial charge in [-0.3, -0.25) is 4.98 Å². The van der Waals surface area contributed by atoms with E-state index in [1.54, 1.807) is 0 Å². The van der Waals surface area contributed by atoms with E-state index in [4.69, 9.17) is 11.6 Å².